The van der Waals surface area contributed by atoms with Gasteiger partial charge in [-0.05, 0) is 6.42 Å². The van der Waals surface area contributed by atoms with Crippen molar-refractivity contribution in [3.05, 3.63) is 0 Å². The summed E-state index contributed by atoms with van der Waals surface area (Å²) in [5.41, 5.74) is 0. The monoisotopic (exact) mass is 197 g/mol. The van der Waals surface area contributed by atoms with Crippen LogP contribution in [-0.2, 0) is 9.59 Å². The third-order valence-corrected chi connectivity index (χ3v) is 1.68. The van der Waals surface area contributed by atoms with Crippen molar-refractivity contribution in [2.75, 3.05) is 13.1 Å². The lowest BCUT2D eigenvalue weighted by molar-refractivity contribution is -0.140. The van der Waals surface area contributed by atoms with E-state index in [1.54, 1.807) is 0 Å². The molecule has 4 heteroatoms. The van der Waals surface area contributed by atoms with Crippen molar-refractivity contribution in [2.45, 2.75) is 26.2 Å². The van der Waals surface area contributed by atoms with E-state index >= 15 is 0 Å². The maximum Gasteiger partial charge on any atom is 0.303 e. The Hall–Kier alpha value is -1.50. The van der Waals surface area contributed by atoms with Gasteiger partial charge in [-0.15, -0.1) is 6.42 Å². The summed E-state index contributed by atoms with van der Waals surface area (Å²) in [6.45, 7) is 2.78. The molecule has 0 heterocycles. The first-order chi connectivity index (χ1) is 6.61. The van der Waals surface area contributed by atoms with Crippen LogP contribution in [0.1, 0.15) is 26.2 Å². The van der Waals surface area contributed by atoms with Gasteiger partial charge < -0.3 is 10.0 Å². The Bertz CT molecular complexity index is 242. The van der Waals surface area contributed by atoms with E-state index in [-0.39, 0.29) is 25.3 Å². The van der Waals surface area contributed by atoms with Crippen LogP contribution in [0.3, 0.4) is 0 Å². The van der Waals surface area contributed by atoms with Gasteiger partial charge in [-0.25, -0.2) is 0 Å². The minimum atomic E-state index is -0.962. The molecule has 4 nitrogen and oxygen atoms in total. The molecule has 0 aliphatic carbocycles. The summed E-state index contributed by atoms with van der Waals surface area (Å²) < 4.78 is 0. The van der Waals surface area contributed by atoms with Gasteiger partial charge in [-0.3, -0.25) is 9.59 Å². The molecule has 0 fully saturated rings. The molecule has 1 N–H and O–H groups in total. The first kappa shape index (κ1) is 12.5. The molecule has 0 aromatic carbocycles. The third kappa shape index (κ3) is 5.20. The number of carboxylic acids is 1. The number of rotatable bonds is 6. The molecule has 14 heavy (non-hydrogen) atoms. The fourth-order valence-electron chi connectivity index (χ4n) is 1.04. The van der Waals surface area contributed by atoms with Crippen LogP contribution in [0.4, 0.5) is 0 Å². The van der Waals surface area contributed by atoms with Gasteiger partial charge in [0.15, 0.2) is 0 Å². The van der Waals surface area contributed by atoms with Gasteiger partial charge in [0, 0.05) is 13.0 Å². The number of aliphatic carboxylic acids is 1. The van der Waals surface area contributed by atoms with Gasteiger partial charge in [0.25, 0.3) is 0 Å². The van der Waals surface area contributed by atoms with Crippen molar-refractivity contribution in [1.82, 2.24) is 4.90 Å². The Labute approximate surface area is 83.9 Å². The molecule has 0 rings (SSSR count). The van der Waals surface area contributed by atoms with Crippen LogP contribution in [0.25, 0.3) is 0 Å². The number of hydrogen-bond donors (Lipinski definition) is 1. The number of amides is 1. The van der Waals surface area contributed by atoms with Crippen LogP contribution in [0.2, 0.25) is 0 Å². The van der Waals surface area contributed by atoms with Gasteiger partial charge in [0.2, 0.25) is 5.91 Å². The topological polar surface area (TPSA) is 57.6 Å². The fraction of sp³-hybridized carbons (Fsp3) is 0.600. The van der Waals surface area contributed by atoms with E-state index in [0.717, 1.165) is 6.42 Å². The average molecular weight is 197 g/mol. The molecule has 0 unspecified atom stereocenters. The number of carboxylic acid groups (broad SMARTS) is 1. The smallest absolute Gasteiger partial charge is 0.303 e. The second kappa shape index (κ2) is 6.96. The van der Waals surface area contributed by atoms with Crippen molar-refractivity contribution in [3.8, 4) is 12.3 Å². The van der Waals surface area contributed by atoms with Crippen LogP contribution < -0.4 is 0 Å². The minimum absolute atomic E-state index is 0.0248. The summed E-state index contributed by atoms with van der Waals surface area (Å²) in [7, 11) is 0. The Balaban J connectivity index is 4.02. The molecule has 0 saturated heterocycles. The van der Waals surface area contributed by atoms with E-state index in [1.807, 2.05) is 6.92 Å². The van der Waals surface area contributed by atoms with Gasteiger partial charge in [-0.2, -0.15) is 0 Å². The third-order valence-electron chi connectivity index (χ3n) is 1.68. The lowest BCUT2D eigenvalue weighted by Crippen LogP contribution is -2.32. The van der Waals surface area contributed by atoms with Crippen molar-refractivity contribution >= 4 is 11.9 Å². The molecule has 0 aliphatic rings. The molecule has 0 atom stereocenters. The molecular formula is C10H15NO3. The highest BCUT2D eigenvalue weighted by atomic mass is 16.4. The zero-order chi connectivity index (χ0) is 11.0. The Morgan fingerprint density at radius 1 is 1.43 bits per heavy atom. The van der Waals surface area contributed by atoms with Crippen LogP contribution in [0.15, 0.2) is 0 Å². The molecule has 0 aromatic heterocycles. The molecule has 0 spiro atoms. The Morgan fingerprint density at radius 3 is 2.50 bits per heavy atom. The molecule has 0 aromatic rings. The second-order valence-electron chi connectivity index (χ2n) is 2.91. The Kier molecular flexibility index (Phi) is 6.21. The van der Waals surface area contributed by atoms with Crippen molar-refractivity contribution in [3.63, 3.8) is 0 Å². The molecular weight excluding hydrogens is 182 g/mol. The summed E-state index contributed by atoms with van der Waals surface area (Å²) in [6, 6.07) is 0. The summed E-state index contributed by atoms with van der Waals surface area (Å²) in [4.78, 5) is 23.1. The van der Waals surface area contributed by atoms with Crippen molar-refractivity contribution < 1.29 is 14.7 Å². The second-order valence-corrected chi connectivity index (χ2v) is 2.91. The lowest BCUT2D eigenvalue weighted by Gasteiger charge is -2.18. The molecule has 1 amide bonds. The summed E-state index contributed by atoms with van der Waals surface area (Å²) in [6.07, 6.45) is 5.80. The predicted octanol–water partition coefficient (Wildman–Crippen LogP) is 0.723. The fourth-order valence-corrected chi connectivity index (χ4v) is 1.04. The highest BCUT2D eigenvalue weighted by Gasteiger charge is 2.12. The van der Waals surface area contributed by atoms with E-state index in [1.165, 1.54) is 4.90 Å². The standard InChI is InChI=1S/C10H15NO3/c1-3-7-11(8-4-2)9(12)5-6-10(13)14/h1H,4-8H2,2H3,(H,13,14). The van der Waals surface area contributed by atoms with Gasteiger partial charge in [0.1, 0.15) is 0 Å². The zero-order valence-electron chi connectivity index (χ0n) is 8.32. The van der Waals surface area contributed by atoms with Gasteiger partial charge in [0.05, 0.1) is 13.0 Å². The first-order valence-electron chi connectivity index (χ1n) is 4.54. The van der Waals surface area contributed by atoms with Gasteiger partial charge in [-0.1, -0.05) is 12.8 Å². The van der Waals surface area contributed by atoms with Crippen LogP contribution in [-0.4, -0.2) is 35.0 Å². The zero-order valence-corrected chi connectivity index (χ0v) is 8.32. The lowest BCUT2D eigenvalue weighted by atomic mass is 10.2. The highest BCUT2D eigenvalue weighted by molar-refractivity contribution is 5.80. The Morgan fingerprint density at radius 2 is 2.07 bits per heavy atom. The van der Waals surface area contributed by atoms with Gasteiger partial charge >= 0.3 is 5.97 Å². The number of hydrogen-bond acceptors (Lipinski definition) is 2. The number of nitrogens with zero attached hydrogens (tertiary/aromatic N) is 1. The number of terminal acetylenes is 1. The van der Waals surface area contributed by atoms with E-state index in [4.69, 9.17) is 11.5 Å². The normalized spacial score (nSPS) is 9.14. The predicted molar refractivity (Wildman–Crippen MR) is 52.6 cm³/mol. The summed E-state index contributed by atoms with van der Waals surface area (Å²) in [5, 5.41) is 8.39. The van der Waals surface area contributed by atoms with Crippen LogP contribution in [0, 0.1) is 12.3 Å². The van der Waals surface area contributed by atoms with E-state index in [9.17, 15) is 9.59 Å². The van der Waals surface area contributed by atoms with E-state index in [0.29, 0.717) is 6.54 Å². The average Bonchev–Trinajstić information content (AvgIpc) is 2.14. The van der Waals surface area contributed by atoms with Crippen LogP contribution in [0.5, 0.6) is 0 Å². The maximum atomic E-state index is 11.4. The molecule has 0 aliphatic heterocycles. The van der Waals surface area contributed by atoms with E-state index in [2.05, 4.69) is 5.92 Å². The van der Waals surface area contributed by atoms with E-state index < -0.39 is 5.97 Å². The van der Waals surface area contributed by atoms with Crippen LogP contribution >= 0.6 is 0 Å². The van der Waals surface area contributed by atoms with Crippen molar-refractivity contribution in [2.24, 2.45) is 0 Å². The summed E-state index contributed by atoms with van der Waals surface area (Å²) in [5.74, 6) is 1.23. The SMILES string of the molecule is C#CCN(CCC)C(=O)CCC(=O)O. The largest absolute Gasteiger partial charge is 0.481 e. The minimum Gasteiger partial charge on any atom is -0.481 e. The quantitative estimate of drug-likeness (QED) is 0.638. The first-order valence-corrected chi connectivity index (χ1v) is 4.54. The summed E-state index contributed by atoms with van der Waals surface area (Å²) >= 11 is 0. The molecule has 0 saturated carbocycles. The highest BCUT2D eigenvalue weighted by Crippen LogP contribution is 1.99. The maximum absolute atomic E-state index is 11.4. The molecule has 78 valence electrons. The number of carbonyl (C=O) groups is 2. The van der Waals surface area contributed by atoms with Crippen molar-refractivity contribution in [1.29, 1.82) is 0 Å². The molecule has 0 bridgehead atoms. The number of carbonyl (C=O) groups excluding carboxylic acids is 1. The molecule has 0 radical (unpaired) electrons.